The summed E-state index contributed by atoms with van der Waals surface area (Å²) in [4.78, 5) is 0. The molecule has 94 valence electrons. The fraction of sp³-hybridized carbons (Fsp3) is 1.00. The van der Waals surface area contributed by atoms with E-state index >= 15 is 0 Å². The normalized spacial score (nSPS) is 47.4. The third kappa shape index (κ3) is 1.72. The van der Waals surface area contributed by atoms with Gasteiger partial charge in [0.15, 0.2) is 0 Å². The molecule has 2 aliphatic carbocycles. The molecule has 2 rings (SSSR count). The molecule has 0 aromatic rings. The highest BCUT2D eigenvalue weighted by molar-refractivity contribution is 5.02. The van der Waals surface area contributed by atoms with Gasteiger partial charge in [0.05, 0.1) is 0 Å². The number of hydrogen-bond acceptors (Lipinski definition) is 1. The summed E-state index contributed by atoms with van der Waals surface area (Å²) in [6, 6.07) is 0. The monoisotopic (exact) mass is 224 g/mol. The zero-order valence-corrected chi connectivity index (χ0v) is 11.4. The molecule has 16 heavy (non-hydrogen) atoms. The molecule has 0 spiro atoms. The average molecular weight is 224 g/mol. The van der Waals surface area contributed by atoms with Gasteiger partial charge in [0.25, 0.3) is 0 Å². The first-order valence-electron chi connectivity index (χ1n) is 7.02. The predicted molar refractivity (Wildman–Crippen MR) is 68.2 cm³/mol. The van der Waals surface area contributed by atoms with E-state index < -0.39 is 0 Å². The Balaban J connectivity index is 2.31. The van der Waals surface area contributed by atoms with Crippen molar-refractivity contribution >= 4 is 0 Å². The van der Waals surface area contributed by atoms with Crippen LogP contribution in [0.3, 0.4) is 0 Å². The minimum Gasteiger partial charge on any atom is -0.396 e. The van der Waals surface area contributed by atoms with Crippen molar-refractivity contribution in [2.45, 2.75) is 59.8 Å². The maximum atomic E-state index is 9.74. The highest BCUT2D eigenvalue weighted by Gasteiger charge is 2.53. The highest BCUT2D eigenvalue weighted by atomic mass is 16.3. The lowest BCUT2D eigenvalue weighted by atomic mass is 9.47. The lowest BCUT2D eigenvalue weighted by molar-refractivity contribution is -0.108. The second kappa shape index (κ2) is 4.01. The molecule has 2 saturated carbocycles. The SMILES string of the molecule is C[C@H]1CCC2C(C)(C)CCC[C@]2(C)[C@H]1CO. The fourth-order valence-electron chi connectivity index (χ4n) is 5.00. The standard InChI is InChI=1S/C15H28O/c1-11-6-7-13-14(2,3)8-5-9-15(13,4)12(11)10-16/h11-13,16H,5-10H2,1-4H3/t11-,12-,13?,15+/m0/s1. The van der Waals surface area contributed by atoms with Gasteiger partial charge in [0.2, 0.25) is 0 Å². The van der Waals surface area contributed by atoms with Gasteiger partial charge < -0.3 is 5.11 Å². The largest absolute Gasteiger partial charge is 0.396 e. The second-order valence-corrected chi connectivity index (χ2v) is 7.24. The zero-order chi connectivity index (χ0) is 12.0. The molecule has 1 N–H and O–H groups in total. The van der Waals surface area contributed by atoms with Crippen LogP contribution in [0.1, 0.15) is 59.8 Å². The van der Waals surface area contributed by atoms with Crippen LogP contribution < -0.4 is 0 Å². The van der Waals surface area contributed by atoms with Gasteiger partial charge in [-0.05, 0) is 47.8 Å². The van der Waals surface area contributed by atoms with E-state index in [0.717, 1.165) is 5.92 Å². The van der Waals surface area contributed by atoms with E-state index in [0.29, 0.717) is 29.3 Å². The Morgan fingerprint density at radius 2 is 1.81 bits per heavy atom. The van der Waals surface area contributed by atoms with Gasteiger partial charge in [-0.1, -0.05) is 40.5 Å². The molecule has 0 heterocycles. The van der Waals surface area contributed by atoms with Gasteiger partial charge in [-0.25, -0.2) is 0 Å². The van der Waals surface area contributed by atoms with Crippen molar-refractivity contribution in [2.24, 2.45) is 28.6 Å². The molecule has 0 aromatic heterocycles. The Labute approximate surface area is 101 Å². The molecule has 1 unspecified atom stereocenters. The van der Waals surface area contributed by atoms with Gasteiger partial charge in [-0.15, -0.1) is 0 Å². The van der Waals surface area contributed by atoms with Crippen LogP contribution in [0.4, 0.5) is 0 Å². The quantitative estimate of drug-likeness (QED) is 0.717. The Morgan fingerprint density at radius 1 is 1.12 bits per heavy atom. The minimum absolute atomic E-state index is 0.393. The summed E-state index contributed by atoms with van der Waals surface area (Å²) in [6.07, 6.45) is 6.75. The third-order valence-corrected chi connectivity index (χ3v) is 5.92. The Bertz CT molecular complexity index is 258. The van der Waals surface area contributed by atoms with Gasteiger partial charge in [0.1, 0.15) is 0 Å². The van der Waals surface area contributed by atoms with Crippen molar-refractivity contribution in [3.05, 3.63) is 0 Å². The first-order valence-corrected chi connectivity index (χ1v) is 7.02. The van der Waals surface area contributed by atoms with Crippen molar-refractivity contribution in [2.75, 3.05) is 6.61 Å². The lowest BCUT2D eigenvalue weighted by Crippen LogP contribution is -2.52. The third-order valence-electron chi connectivity index (χ3n) is 5.92. The molecule has 0 amide bonds. The number of fused-ring (bicyclic) bond motifs is 1. The molecular formula is C15H28O. The fourth-order valence-corrected chi connectivity index (χ4v) is 5.00. The van der Waals surface area contributed by atoms with Gasteiger partial charge >= 0.3 is 0 Å². The topological polar surface area (TPSA) is 20.2 Å². The van der Waals surface area contributed by atoms with Crippen molar-refractivity contribution in [1.82, 2.24) is 0 Å². The number of hydrogen-bond donors (Lipinski definition) is 1. The van der Waals surface area contributed by atoms with Crippen molar-refractivity contribution < 1.29 is 5.11 Å². The van der Waals surface area contributed by atoms with E-state index in [1.54, 1.807) is 0 Å². The molecular weight excluding hydrogens is 196 g/mol. The van der Waals surface area contributed by atoms with E-state index in [1.807, 2.05) is 0 Å². The molecule has 4 atom stereocenters. The van der Waals surface area contributed by atoms with E-state index in [4.69, 9.17) is 0 Å². The minimum atomic E-state index is 0.393. The maximum Gasteiger partial charge on any atom is 0.0467 e. The Hall–Kier alpha value is -0.0400. The molecule has 2 aliphatic rings. The summed E-state index contributed by atoms with van der Waals surface area (Å²) in [5, 5.41) is 9.74. The van der Waals surface area contributed by atoms with Crippen LogP contribution in [0.15, 0.2) is 0 Å². The van der Waals surface area contributed by atoms with Crippen molar-refractivity contribution in [1.29, 1.82) is 0 Å². The maximum absolute atomic E-state index is 9.74. The summed E-state index contributed by atoms with van der Waals surface area (Å²) in [5.41, 5.74) is 0.884. The summed E-state index contributed by atoms with van der Waals surface area (Å²) >= 11 is 0. The molecule has 0 saturated heterocycles. The molecule has 0 aromatic carbocycles. The summed E-state index contributed by atoms with van der Waals surface area (Å²) < 4.78 is 0. The van der Waals surface area contributed by atoms with Gasteiger partial charge in [-0.2, -0.15) is 0 Å². The average Bonchev–Trinajstić information content (AvgIpc) is 2.15. The van der Waals surface area contributed by atoms with E-state index in [9.17, 15) is 5.11 Å². The first kappa shape index (κ1) is 12.4. The van der Waals surface area contributed by atoms with Gasteiger partial charge in [0, 0.05) is 6.61 Å². The molecule has 0 bridgehead atoms. The van der Waals surface area contributed by atoms with Gasteiger partial charge in [-0.3, -0.25) is 0 Å². The van der Waals surface area contributed by atoms with Crippen molar-refractivity contribution in [3.63, 3.8) is 0 Å². The highest BCUT2D eigenvalue weighted by Crippen LogP contribution is 2.60. The number of rotatable bonds is 1. The summed E-state index contributed by atoms with van der Waals surface area (Å²) in [5.74, 6) is 2.06. The Kier molecular flexibility index (Phi) is 3.11. The van der Waals surface area contributed by atoms with Crippen LogP contribution in [0.2, 0.25) is 0 Å². The first-order chi connectivity index (χ1) is 7.42. The van der Waals surface area contributed by atoms with Crippen LogP contribution in [0, 0.1) is 28.6 Å². The van der Waals surface area contributed by atoms with Crippen LogP contribution in [-0.4, -0.2) is 11.7 Å². The van der Waals surface area contributed by atoms with Crippen LogP contribution >= 0.6 is 0 Å². The molecule has 0 radical (unpaired) electrons. The number of aliphatic hydroxyl groups excluding tert-OH is 1. The molecule has 0 aliphatic heterocycles. The van der Waals surface area contributed by atoms with Crippen molar-refractivity contribution in [3.8, 4) is 0 Å². The number of aliphatic hydroxyl groups is 1. The van der Waals surface area contributed by atoms with E-state index in [-0.39, 0.29) is 0 Å². The summed E-state index contributed by atoms with van der Waals surface area (Å²) in [6.45, 7) is 10.1. The summed E-state index contributed by atoms with van der Waals surface area (Å²) in [7, 11) is 0. The lowest BCUT2D eigenvalue weighted by Gasteiger charge is -2.58. The van der Waals surface area contributed by atoms with Crippen LogP contribution in [-0.2, 0) is 0 Å². The Morgan fingerprint density at radius 3 is 2.44 bits per heavy atom. The van der Waals surface area contributed by atoms with E-state index in [1.165, 1.54) is 32.1 Å². The second-order valence-electron chi connectivity index (χ2n) is 7.24. The molecule has 2 fully saturated rings. The van der Waals surface area contributed by atoms with E-state index in [2.05, 4.69) is 27.7 Å². The van der Waals surface area contributed by atoms with Crippen LogP contribution in [0.5, 0.6) is 0 Å². The smallest absolute Gasteiger partial charge is 0.0467 e. The zero-order valence-electron chi connectivity index (χ0n) is 11.4. The van der Waals surface area contributed by atoms with Crippen LogP contribution in [0.25, 0.3) is 0 Å². The predicted octanol–water partition coefficient (Wildman–Crippen LogP) is 3.86. The molecule has 1 nitrogen and oxygen atoms in total. The molecule has 1 heteroatoms.